The van der Waals surface area contributed by atoms with Crippen LogP contribution in [-0.4, -0.2) is 15.6 Å². The fourth-order valence-electron chi connectivity index (χ4n) is 2.94. The summed E-state index contributed by atoms with van der Waals surface area (Å²) in [6.07, 6.45) is 11.5. The molecule has 0 aliphatic carbocycles. The number of rotatable bonds is 10. The van der Waals surface area contributed by atoms with Crippen molar-refractivity contribution in [1.82, 2.24) is 4.57 Å². The molecule has 1 aromatic carbocycles. The molecule has 0 aliphatic heterocycles. The van der Waals surface area contributed by atoms with Crippen LogP contribution in [0.2, 0.25) is 0 Å². The average molecular weight is 329 g/mol. The van der Waals surface area contributed by atoms with Crippen LogP contribution in [0.3, 0.4) is 0 Å². The van der Waals surface area contributed by atoms with E-state index in [1.165, 1.54) is 37.9 Å². The molecule has 1 heterocycles. The van der Waals surface area contributed by atoms with Crippen LogP contribution in [0.4, 0.5) is 0 Å². The van der Waals surface area contributed by atoms with E-state index in [0.29, 0.717) is 5.56 Å². The van der Waals surface area contributed by atoms with Gasteiger partial charge in [-0.05, 0) is 30.5 Å². The Hall–Kier alpha value is -2.10. The van der Waals surface area contributed by atoms with Crippen molar-refractivity contribution in [2.75, 3.05) is 0 Å². The summed E-state index contributed by atoms with van der Waals surface area (Å²) >= 11 is 0. The van der Waals surface area contributed by atoms with Crippen molar-refractivity contribution in [3.8, 4) is 0 Å². The standard InChI is InChI=1S/C20H28N2O2/c1-3-5-7-8-19-21(13-6-4-2)14-15-22(19)16-17-9-11-18(12-10-17)20(23)24/h9-12,14-15H,3-8,13,16H2,1-2H3/p+1. The number of carboxylic acid groups (broad SMARTS) is 1. The molecular weight excluding hydrogens is 300 g/mol. The SMILES string of the molecule is CCCCCc1n(CCCC)cc[n+]1Cc1ccc(C(=O)O)cc1. The maximum absolute atomic E-state index is 11.0. The highest BCUT2D eigenvalue weighted by atomic mass is 16.4. The summed E-state index contributed by atoms with van der Waals surface area (Å²) in [4.78, 5) is 11.0. The number of aromatic nitrogens is 2. The topological polar surface area (TPSA) is 46.1 Å². The number of imidazole rings is 1. The summed E-state index contributed by atoms with van der Waals surface area (Å²) in [6.45, 7) is 6.32. The van der Waals surface area contributed by atoms with Gasteiger partial charge < -0.3 is 5.11 Å². The van der Waals surface area contributed by atoms with Crippen molar-refractivity contribution < 1.29 is 14.5 Å². The van der Waals surface area contributed by atoms with Gasteiger partial charge in [0.05, 0.1) is 12.1 Å². The maximum Gasteiger partial charge on any atom is 0.335 e. The Morgan fingerprint density at radius 1 is 1.08 bits per heavy atom. The number of hydrogen-bond donors (Lipinski definition) is 1. The van der Waals surface area contributed by atoms with Crippen LogP contribution in [0.1, 0.15) is 67.7 Å². The molecule has 4 nitrogen and oxygen atoms in total. The number of unbranched alkanes of at least 4 members (excludes halogenated alkanes) is 3. The van der Waals surface area contributed by atoms with E-state index in [2.05, 4.69) is 35.4 Å². The minimum absolute atomic E-state index is 0.340. The zero-order valence-electron chi connectivity index (χ0n) is 14.9. The van der Waals surface area contributed by atoms with E-state index >= 15 is 0 Å². The summed E-state index contributed by atoms with van der Waals surface area (Å²) in [5.41, 5.74) is 1.47. The van der Waals surface area contributed by atoms with Gasteiger partial charge in [0.2, 0.25) is 0 Å². The van der Waals surface area contributed by atoms with Crippen LogP contribution >= 0.6 is 0 Å². The highest BCUT2D eigenvalue weighted by Crippen LogP contribution is 2.09. The summed E-state index contributed by atoms with van der Waals surface area (Å²) in [6, 6.07) is 7.19. The number of hydrogen-bond acceptors (Lipinski definition) is 1. The molecule has 0 spiro atoms. The fraction of sp³-hybridized carbons (Fsp3) is 0.500. The molecule has 0 bridgehead atoms. The molecule has 24 heavy (non-hydrogen) atoms. The van der Waals surface area contributed by atoms with Gasteiger partial charge in [0.1, 0.15) is 18.9 Å². The maximum atomic E-state index is 11.0. The summed E-state index contributed by atoms with van der Waals surface area (Å²) in [5, 5.41) is 9.01. The predicted octanol–water partition coefficient (Wildman–Crippen LogP) is 4.05. The van der Waals surface area contributed by atoms with E-state index in [0.717, 1.165) is 25.1 Å². The predicted molar refractivity (Wildman–Crippen MR) is 95.3 cm³/mol. The fourth-order valence-corrected chi connectivity index (χ4v) is 2.94. The van der Waals surface area contributed by atoms with Crippen molar-refractivity contribution in [1.29, 1.82) is 0 Å². The molecule has 0 aliphatic rings. The molecule has 2 aromatic rings. The molecule has 130 valence electrons. The molecule has 0 saturated heterocycles. The largest absolute Gasteiger partial charge is 0.478 e. The molecule has 1 N–H and O–H groups in total. The Morgan fingerprint density at radius 3 is 2.42 bits per heavy atom. The molecule has 1 aromatic heterocycles. The highest BCUT2D eigenvalue weighted by molar-refractivity contribution is 5.87. The van der Waals surface area contributed by atoms with Crippen molar-refractivity contribution in [3.05, 3.63) is 53.6 Å². The number of carbonyl (C=O) groups is 1. The third kappa shape index (κ3) is 4.95. The average Bonchev–Trinajstić information content (AvgIpc) is 2.95. The molecule has 2 rings (SSSR count). The van der Waals surface area contributed by atoms with Crippen LogP contribution in [-0.2, 0) is 19.5 Å². The van der Waals surface area contributed by atoms with E-state index in [-0.39, 0.29) is 0 Å². The van der Waals surface area contributed by atoms with E-state index < -0.39 is 5.97 Å². The third-order valence-electron chi connectivity index (χ3n) is 4.40. The van der Waals surface area contributed by atoms with Crippen molar-refractivity contribution in [2.24, 2.45) is 0 Å². The molecule has 0 fully saturated rings. The second-order valence-electron chi connectivity index (χ2n) is 6.35. The molecule has 0 saturated carbocycles. The zero-order valence-corrected chi connectivity index (χ0v) is 14.9. The van der Waals surface area contributed by atoms with Crippen molar-refractivity contribution in [2.45, 2.75) is 65.5 Å². The minimum atomic E-state index is -0.875. The lowest BCUT2D eigenvalue weighted by atomic mass is 10.1. The normalized spacial score (nSPS) is 10.9. The molecule has 4 heteroatoms. The van der Waals surface area contributed by atoms with Gasteiger partial charge in [-0.3, -0.25) is 0 Å². The Kier molecular flexibility index (Phi) is 7.04. The van der Waals surface area contributed by atoms with E-state index in [1.54, 1.807) is 12.1 Å². The first-order valence-corrected chi connectivity index (χ1v) is 9.05. The first-order valence-electron chi connectivity index (χ1n) is 9.05. The Balaban J connectivity index is 2.14. The molecule has 0 unspecified atom stereocenters. The van der Waals surface area contributed by atoms with Gasteiger partial charge in [-0.2, -0.15) is 0 Å². The number of aryl methyl sites for hydroxylation is 1. The lowest BCUT2D eigenvalue weighted by molar-refractivity contribution is -0.695. The van der Waals surface area contributed by atoms with Gasteiger partial charge >= 0.3 is 5.97 Å². The molecule has 0 atom stereocenters. The van der Waals surface area contributed by atoms with Crippen LogP contribution in [0.25, 0.3) is 0 Å². The number of benzene rings is 1. The highest BCUT2D eigenvalue weighted by Gasteiger charge is 2.17. The first kappa shape index (κ1) is 18.2. The number of nitrogens with zero attached hydrogens (tertiary/aromatic N) is 2. The molecular formula is C20H29N2O2+. The van der Waals surface area contributed by atoms with Gasteiger partial charge in [-0.25, -0.2) is 13.9 Å². The minimum Gasteiger partial charge on any atom is -0.478 e. The van der Waals surface area contributed by atoms with Gasteiger partial charge in [0.25, 0.3) is 5.82 Å². The van der Waals surface area contributed by atoms with Crippen LogP contribution in [0.5, 0.6) is 0 Å². The number of aromatic carboxylic acids is 1. The Labute approximate surface area is 144 Å². The summed E-state index contributed by atoms with van der Waals surface area (Å²) < 4.78 is 4.69. The third-order valence-corrected chi connectivity index (χ3v) is 4.40. The summed E-state index contributed by atoms with van der Waals surface area (Å²) in [7, 11) is 0. The first-order chi connectivity index (χ1) is 11.7. The second-order valence-corrected chi connectivity index (χ2v) is 6.35. The van der Waals surface area contributed by atoms with Crippen LogP contribution in [0.15, 0.2) is 36.7 Å². The lowest BCUT2D eigenvalue weighted by Crippen LogP contribution is -2.38. The van der Waals surface area contributed by atoms with Crippen molar-refractivity contribution >= 4 is 5.97 Å². The van der Waals surface area contributed by atoms with E-state index in [4.69, 9.17) is 5.11 Å². The van der Waals surface area contributed by atoms with Gasteiger partial charge in [-0.15, -0.1) is 0 Å². The Bertz CT molecular complexity index is 644. The van der Waals surface area contributed by atoms with Gasteiger partial charge in [-0.1, -0.05) is 45.2 Å². The molecule has 0 radical (unpaired) electrons. The van der Waals surface area contributed by atoms with Gasteiger partial charge in [0, 0.05) is 6.42 Å². The lowest BCUT2D eigenvalue weighted by Gasteiger charge is -2.06. The summed E-state index contributed by atoms with van der Waals surface area (Å²) in [5.74, 6) is 0.499. The zero-order chi connectivity index (χ0) is 17.4. The Morgan fingerprint density at radius 2 is 1.79 bits per heavy atom. The van der Waals surface area contributed by atoms with E-state index in [9.17, 15) is 4.79 Å². The van der Waals surface area contributed by atoms with Crippen LogP contribution in [0, 0.1) is 0 Å². The van der Waals surface area contributed by atoms with Gasteiger partial charge in [0.15, 0.2) is 0 Å². The monoisotopic (exact) mass is 329 g/mol. The van der Waals surface area contributed by atoms with Crippen molar-refractivity contribution in [3.63, 3.8) is 0 Å². The quantitative estimate of drug-likeness (QED) is 0.528. The van der Waals surface area contributed by atoms with Crippen LogP contribution < -0.4 is 4.57 Å². The second kappa shape index (κ2) is 9.26. The molecule has 0 amide bonds. The number of carboxylic acids is 1. The smallest absolute Gasteiger partial charge is 0.335 e. The van der Waals surface area contributed by atoms with E-state index in [1.807, 2.05) is 12.1 Å².